The number of hydrogen-bond acceptors (Lipinski definition) is 2. The molecular weight excluding hydrogens is 186 g/mol. The Hall–Kier alpha value is -1.35. The Balaban J connectivity index is 2.57. The largest absolute Gasteiger partial charge is 0.223 e. The predicted octanol–water partition coefficient (Wildman–Crippen LogP) is 2.23. The lowest BCUT2D eigenvalue weighted by Crippen LogP contribution is -1.96. The van der Waals surface area contributed by atoms with Crippen molar-refractivity contribution >= 4 is 11.6 Å². The third-order valence-electron chi connectivity index (χ3n) is 1.84. The van der Waals surface area contributed by atoms with Crippen LogP contribution in [0.1, 0.15) is 5.56 Å². The van der Waals surface area contributed by atoms with E-state index in [1.807, 2.05) is 25.1 Å². The summed E-state index contributed by atoms with van der Waals surface area (Å²) in [6.45, 7) is 2.01. The van der Waals surface area contributed by atoms with Gasteiger partial charge in [-0.05, 0) is 24.6 Å². The second-order valence-electron chi connectivity index (χ2n) is 2.77. The molecule has 1 aromatic heterocycles. The zero-order valence-electron chi connectivity index (χ0n) is 7.11. The second-order valence-corrected chi connectivity index (χ2v) is 3.21. The van der Waals surface area contributed by atoms with E-state index in [0.717, 1.165) is 11.3 Å². The van der Waals surface area contributed by atoms with Gasteiger partial charge in [-0.1, -0.05) is 17.7 Å². The second kappa shape index (κ2) is 3.18. The molecule has 0 aliphatic carbocycles. The van der Waals surface area contributed by atoms with Gasteiger partial charge < -0.3 is 0 Å². The minimum absolute atomic E-state index is 0.705. The van der Waals surface area contributed by atoms with Crippen LogP contribution < -0.4 is 0 Å². The fourth-order valence-corrected chi connectivity index (χ4v) is 1.33. The number of benzene rings is 1. The van der Waals surface area contributed by atoms with Gasteiger partial charge in [0.05, 0.1) is 5.69 Å². The van der Waals surface area contributed by atoms with Crippen LogP contribution in [0.2, 0.25) is 5.02 Å². The lowest BCUT2D eigenvalue weighted by molar-refractivity contribution is 0.871. The highest BCUT2D eigenvalue weighted by Crippen LogP contribution is 2.17. The summed E-state index contributed by atoms with van der Waals surface area (Å²) in [7, 11) is 0. The normalized spacial score (nSPS) is 10.3. The highest BCUT2D eigenvalue weighted by molar-refractivity contribution is 6.30. The molecule has 2 aromatic rings. The first-order valence-electron chi connectivity index (χ1n) is 3.88. The molecular formula is C9H8ClN3. The van der Waals surface area contributed by atoms with Gasteiger partial charge in [0, 0.05) is 5.02 Å². The van der Waals surface area contributed by atoms with Crippen molar-refractivity contribution in [3.63, 3.8) is 0 Å². The van der Waals surface area contributed by atoms with Crippen molar-refractivity contribution in [2.45, 2.75) is 6.92 Å². The molecule has 2 rings (SSSR count). The van der Waals surface area contributed by atoms with Crippen molar-refractivity contribution in [3.05, 3.63) is 41.4 Å². The van der Waals surface area contributed by atoms with Crippen LogP contribution in [-0.2, 0) is 0 Å². The maximum atomic E-state index is 5.87. The lowest BCUT2D eigenvalue weighted by Gasteiger charge is -2.04. The molecule has 0 aliphatic heterocycles. The third-order valence-corrected chi connectivity index (χ3v) is 2.07. The van der Waals surface area contributed by atoms with Gasteiger partial charge in [0.2, 0.25) is 0 Å². The van der Waals surface area contributed by atoms with E-state index in [2.05, 4.69) is 10.1 Å². The van der Waals surface area contributed by atoms with Crippen molar-refractivity contribution in [1.29, 1.82) is 0 Å². The molecule has 0 unspecified atom stereocenters. The van der Waals surface area contributed by atoms with E-state index < -0.39 is 0 Å². The molecule has 0 spiro atoms. The number of halogens is 1. The number of aryl methyl sites for hydroxylation is 1. The maximum absolute atomic E-state index is 5.87. The van der Waals surface area contributed by atoms with E-state index in [-0.39, 0.29) is 0 Å². The van der Waals surface area contributed by atoms with Gasteiger partial charge in [-0.25, -0.2) is 9.67 Å². The Morgan fingerprint density at radius 3 is 2.92 bits per heavy atom. The molecule has 66 valence electrons. The first-order chi connectivity index (χ1) is 6.27. The van der Waals surface area contributed by atoms with Crippen LogP contribution in [0.4, 0.5) is 0 Å². The summed E-state index contributed by atoms with van der Waals surface area (Å²) in [5, 5.41) is 4.74. The van der Waals surface area contributed by atoms with E-state index in [4.69, 9.17) is 11.6 Å². The summed E-state index contributed by atoms with van der Waals surface area (Å²) in [4.78, 5) is 3.88. The predicted molar refractivity (Wildman–Crippen MR) is 51.1 cm³/mol. The van der Waals surface area contributed by atoms with Crippen LogP contribution in [0.5, 0.6) is 0 Å². The van der Waals surface area contributed by atoms with E-state index in [1.165, 1.54) is 6.33 Å². The number of aromatic nitrogens is 3. The van der Waals surface area contributed by atoms with Crippen molar-refractivity contribution in [3.8, 4) is 5.69 Å². The fraction of sp³-hybridized carbons (Fsp3) is 0.111. The van der Waals surface area contributed by atoms with Crippen LogP contribution in [0.3, 0.4) is 0 Å². The van der Waals surface area contributed by atoms with E-state index >= 15 is 0 Å². The highest BCUT2D eigenvalue weighted by atomic mass is 35.5. The Morgan fingerprint density at radius 2 is 2.23 bits per heavy atom. The van der Waals surface area contributed by atoms with Crippen LogP contribution in [-0.4, -0.2) is 14.8 Å². The van der Waals surface area contributed by atoms with Crippen molar-refractivity contribution in [2.24, 2.45) is 0 Å². The monoisotopic (exact) mass is 193 g/mol. The summed E-state index contributed by atoms with van der Waals surface area (Å²) in [6.07, 6.45) is 3.15. The van der Waals surface area contributed by atoms with Gasteiger partial charge in [0.25, 0.3) is 0 Å². The Morgan fingerprint density at radius 1 is 1.38 bits per heavy atom. The summed E-state index contributed by atoms with van der Waals surface area (Å²) in [5.74, 6) is 0. The molecule has 0 radical (unpaired) electrons. The fourth-order valence-electron chi connectivity index (χ4n) is 1.16. The number of hydrogen-bond donors (Lipinski definition) is 0. The number of rotatable bonds is 1. The topological polar surface area (TPSA) is 30.7 Å². The molecule has 0 N–H and O–H groups in total. The molecule has 0 atom stereocenters. The quantitative estimate of drug-likeness (QED) is 0.696. The van der Waals surface area contributed by atoms with Gasteiger partial charge in [-0.3, -0.25) is 0 Å². The Kier molecular flexibility index (Phi) is 2.02. The molecule has 0 saturated heterocycles. The summed E-state index contributed by atoms with van der Waals surface area (Å²) >= 11 is 5.87. The van der Waals surface area contributed by atoms with E-state index in [1.54, 1.807) is 11.0 Å². The summed E-state index contributed by atoms with van der Waals surface area (Å²) in [5.41, 5.74) is 2.08. The highest BCUT2D eigenvalue weighted by Gasteiger charge is 2.01. The molecule has 13 heavy (non-hydrogen) atoms. The first-order valence-corrected chi connectivity index (χ1v) is 4.26. The minimum Gasteiger partial charge on any atom is -0.223 e. The molecule has 1 heterocycles. The van der Waals surface area contributed by atoms with Crippen LogP contribution >= 0.6 is 11.6 Å². The molecule has 3 nitrogen and oxygen atoms in total. The van der Waals surface area contributed by atoms with Crippen LogP contribution in [0.15, 0.2) is 30.9 Å². The van der Waals surface area contributed by atoms with E-state index in [0.29, 0.717) is 5.02 Å². The molecule has 0 amide bonds. The molecule has 0 bridgehead atoms. The molecule has 0 saturated carbocycles. The van der Waals surface area contributed by atoms with Gasteiger partial charge >= 0.3 is 0 Å². The Bertz CT molecular complexity index is 409. The number of nitrogens with zero attached hydrogens (tertiary/aromatic N) is 3. The average molecular weight is 194 g/mol. The standard InChI is InChI=1S/C9H8ClN3/c1-7-2-3-8(10)4-9(7)13-6-11-5-12-13/h2-6H,1H3. The van der Waals surface area contributed by atoms with Crippen molar-refractivity contribution in [1.82, 2.24) is 14.8 Å². The summed E-state index contributed by atoms with van der Waals surface area (Å²) in [6, 6.07) is 5.68. The SMILES string of the molecule is Cc1ccc(Cl)cc1-n1cncn1. The van der Waals surface area contributed by atoms with Crippen molar-refractivity contribution < 1.29 is 0 Å². The molecule has 4 heteroatoms. The van der Waals surface area contributed by atoms with Crippen LogP contribution in [0, 0.1) is 6.92 Å². The molecule has 1 aromatic carbocycles. The minimum atomic E-state index is 0.705. The zero-order valence-corrected chi connectivity index (χ0v) is 7.86. The Labute approximate surface area is 81.0 Å². The van der Waals surface area contributed by atoms with Gasteiger partial charge in [-0.2, -0.15) is 5.10 Å². The maximum Gasteiger partial charge on any atom is 0.138 e. The lowest BCUT2D eigenvalue weighted by atomic mass is 10.2. The van der Waals surface area contributed by atoms with Gasteiger partial charge in [0.15, 0.2) is 0 Å². The van der Waals surface area contributed by atoms with E-state index in [9.17, 15) is 0 Å². The average Bonchev–Trinajstić information content (AvgIpc) is 2.61. The smallest absolute Gasteiger partial charge is 0.138 e. The third kappa shape index (κ3) is 1.55. The van der Waals surface area contributed by atoms with Gasteiger partial charge in [0.1, 0.15) is 12.7 Å². The molecule has 0 aliphatic rings. The first kappa shape index (κ1) is 8.26. The summed E-state index contributed by atoms with van der Waals surface area (Å²) < 4.78 is 1.70. The zero-order chi connectivity index (χ0) is 9.26. The van der Waals surface area contributed by atoms with Crippen molar-refractivity contribution in [2.75, 3.05) is 0 Å². The van der Waals surface area contributed by atoms with Crippen LogP contribution in [0.25, 0.3) is 5.69 Å². The van der Waals surface area contributed by atoms with Gasteiger partial charge in [-0.15, -0.1) is 0 Å². The molecule has 0 fully saturated rings.